The molecule has 1 unspecified atom stereocenters. The summed E-state index contributed by atoms with van der Waals surface area (Å²) in [5.41, 5.74) is 7.42. The molecule has 7 nitrogen and oxygen atoms in total. The third-order valence-electron chi connectivity index (χ3n) is 2.75. The van der Waals surface area contributed by atoms with Crippen LogP contribution in [0.25, 0.3) is 11.5 Å². The lowest BCUT2D eigenvalue weighted by Crippen LogP contribution is -2.11. The van der Waals surface area contributed by atoms with Gasteiger partial charge in [0.15, 0.2) is 0 Å². The first-order valence-corrected chi connectivity index (χ1v) is 6.21. The minimum absolute atomic E-state index is 0.310. The highest BCUT2D eigenvalue weighted by Crippen LogP contribution is 2.21. The fourth-order valence-corrected chi connectivity index (χ4v) is 1.83. The van der Waals surface area contributed by atoms with Gasteiger partial charge in [-0.2, -0.15) is 10.1 Å². The van der Waals surface area contributed by atoms with Crippen LogP contribution in [0.1, 0.15) is 17.5 Å². The summed E-state index contributed by atoms with van der Waals surface area (Å²) in [7, 11) is 1.81. The van der Waals surface area contributed by atoms with Crippen LogP contribution in [0.3, 0.4) is 0 Å². The maximum atomic E-state index is 6.05. The Morgan fingerprint density at radius 2 is 2.20 bits per heavy atom. The van der Waals surface area contributed by atoms with Crippen molar-refractivity contribution in [3.05, 3.63) is 47.2 Å². The Morgan fingerprint density at radius 3 is 2.85 bits per heavy atom. The molecule has 20 heavy (non-hydrogen) atoms. The maximum Gasteiger partial charge on any atom is 0.248 e. The molecule has 1 atom stereocenters. The van der Waals surface area contributed by atoms with Crippen molar-refractivity contribution in [2.24, 2.45) is 12.8 Å². The standard InChI is InChI=1S/C12H11ClN6O/c1-19-6-7(4-16-19)10(14)12-17-11(18-20-12)9-3-2-8(13)5-15-9/h2-6,10H,14H2,1H3. The molecular weight excluding hydrogens is 280 g/mol. The van der Waals surface area contributed by atoms with Gasteiger partial charge in [-0.3, -0.25) is 9.67 Å². The average Bonchev–Trinajstić information content (AvgIpc) is 3.08. The number of hydrogen-bond acceptors (Lipinski definition) is 6. The number of rotatable bonds is 3. The van der Waals surface area contributed by atoms with Crippen LogP contribution in [0.4, 0.5) is 0 Å². The van der Waals surface area contributed by atoms with Crippen molar-refractivity contribution in [2.75, 3.05) is 0 Å². The molecule has 0 saturated heterocycles. The molecule has 3 heterocycles. The monoisotopic (exact) mass is 290 g/mol. The Morgan fingerprint density at radius 1 is 1.35 bits per heavy atom. The van der Waals surface area contributed by atoms with Crippen molar-refractivity contribution in [3.63, 3.8) is 0 Å². The Balaban J connectivity index is 1.88. The summed E-state index contributed by atoms with van der Waals surface area (Å²) in [6, 6.07) is 2.91. The molecule has 0 aliphatic heterocycles. The highest BCUT2D eigenvalue weighted by Gasteiger charge is 2.19. The zero-order valence-corrected chi connectivity index (χ0v) is 11.3. The van der Waals surface area contributed by atoms with E-state index in [9.17, 15) is 0 Å². The lowest BCUT2D eigenvalue weighted by atomic mass is 10.2. The lowest BCUT2D eigenvalue weighted by Gasteiger charge is -2.01. The molecule has 3 rings (SSSR count). The second-order valence-corrected chi connectivity index (χ2v) is 4.68. The van der Waals surface area contributed by atoms with Crippen LogP contribution in [0.5, 0.6) is 0 Å². The Bertz CT molecular complexity index is 720. The molecule has 0 bridgehead atoms. The quantitative estimate of drug-likeness (QED) is 0.786. The fourth-order valence-electron chi connectivity index (χ4n) is 1.72. The first kappa shape index (κ1) is 12.8. The van der Waals surface area contributed by atoms with Gasteiger partial charge in [-0.05, 0) is 12.1 Å². The van der Waals surface area contributed by atoms with Gasteiger partial charge in [0.25, 0.3) is 0 Å². The summed E-state index contributed by atoms with van der Waals surface area (Å²) in [6.07, 6.45) is 4.98. The zero-order valence-electron chi connectivity index (χ0n) is 10.6. The highest BCUT2D eigenvalue weighted by atomic mass is 35.5. The molecular formula is C12H11ClN6O. The number of hydrogen-bond donors (Lipinski definition) is 1. The molecule has 3 aromatic rings. The normalized spacial score (nSPS) is 12.6. The van der Waals surface area contributed by atoms with Gasteiger partial charge >= 0.3 is 0 Å². The van der Waals surface area contributed by atoms with Crippen LogP contribution >= 0.6 is 11.6 Å². The summed E-state index contributed by atoms with van der Waals surface area (Å²) in [4.78, 5) is 8.37. The van der Waals surface area contributed by atoms with E-state index < -0.39 is 6.04 Å². The Hall–Kier alpha value is -2.25. The van der Waals surface area contributed by atoms with Crippen molar-refractivity contribution in [2.45, 2.75) is 6.04 Å². The van der Waals surface area contributed by atoms with Crippen molar-refractivity contribution < 1.29 is 4.52 Å². The van der Waals surface area contributed by atoms with Crippen LogP contribution < -0.4 is 5.73 Å². The number of pyridine rings is 1. The predicted molar refractivity (Wildman–Crippen MR) is 71.8 cm³/mol. The van der Waals surface area contributed by atoms with Crippen molar-refractivity contribution >= 4 is 11.6 Å². The van der Waals surface area contributed by atoms with E-state index in [0.717, 1.165) is 5.56 Å². The Kier molecular flexibility index (Phi) is 3.21. The molecule has 0 radical (unpaired) electrons. The van der Waals surface area contributed by atoms with Crippen LogP contribution in [-0.4, -0.2) is 24.9 Å². The van der Waals surface area contributed by atoms with Crippen molar-refractivity contribution in [1.29, 1.82) is 0 Å². The summed E-state index contributed by atoms with van der Waals surface area (Å²) in [5.74, 6) is 0.681. The van der Waals surface area contributed by atoms with Crippen LogP contribution in [0.15, 0.2) is 35.2 Å². The summed E-state index contributed by atoms with van der Waals surface area (Å²) < 4.78 is 6.84. The highest BCUT2D eigenvalue weighted by molar-refractivity contribution is 6.30. The molecule has 0 spiro atoms. The third kappa shape index (κ3) is 2.40. The first-order chi connectivity index (χ1) is 9.63. The summed E-state index contributed by atoms with van der Waals surface area (Å²) in [5, 5.41) is 8.47. The van der Waals surface area contributed by atoms with Gasteiger partial charge in [-0.15, -0.1) is 0 Å². The number of halogens is 1. The number of nitrogens with two attached hydrogens (primary N) is 1. The molecule has 2 N–H and O–H groups in total. The van der Waals surface area contributed by atoms with Gasteiger partial charge in [0.2, 0.25) is 11.7 Å². The van der Waals surface area contributed by atoms with E-state index in [4.69, 9.17) is 21.9 Å². The second-order valence-electron chi connectivity index (χ2n) is 4.24. The zero-order chi connectivity index (χ0) is 14.1. The lowest BCUT2D eigenvalue weighted by molar-refractivity contribution is 0.367. The average molecular weight is 291 g/mol. The van der Waals surface area contributed by atoms with E-state index in [-0.39, 0.29) is 0 Å². The first-order valence-electron chi connectivity index (χ1n) is 5.83. The minimum atomic E-state index is -0.516. The molecule has 0 saturated carbocycles. The number of aromatic nitrogens is 5. The molecule has 0 aliphatic rings. The topological polar surface area (TPSA) is 95.7 Å². The number of aryl methyl sites for hydroxylation is 1. The largest absolute Gasteiger partial charge is 0.337 e. The van der Waals surface area contributed by atoms with Crippen LogP contribution in [0, 0.1) is 0 Å². The van der Waals surface area contributed by atoms with E-state index in [0.29, 0.717) is 22.4 Å². The smallest absolute Gasteiger partial charge is 0.248 e. The van der Waals surface area contributed by atoms with Gasteiger partial charge < -0.3 is 10.3 Å². The summed E-state index contributed by atoms with van der Waals surface area (Å²) >= 11 is 5.78. The van der Waals surface area contributed by atoms with Crippen LogP contribution in [-0.2, 0) is 7.05 Å². The van der Waals surface area contributed by atoms with Gasteiger partial charge in [0.05, 0.1) is 11.2 Å². The van der Waals surface area contributed by atoms with Gasteiger partial charge in [-0.1, -0.05) is 16.8 Å². The predicted octanol–water partition coefficient (Wildman–Crippen LogP) is 1.57. The van der Waals surface area contributed by atoms with Crippen molar-refractivity contribution in [3.8, 4) is 11.5 Å². The van der Waals surface area contributed by atoms with Gasteiger partial charge in [0, 0.05) is 25.0 Å². The van der Waals surface area contributed by atoms with Gasteiger partial charge in [-0.25, -0.2) is 0 Å². The second kappa shape index (κ2) is 5.03. The Labute approximate surface area is 119 Å². The maximum absolute atomic E-state index is 6.05. The molecule has 8 heteroatoms. The fraction of sp³-hybridized carbons (Fsp3) is 0.167. The molecule has 0 fully saturated rings. The third-order valence-corrected chi connectivity index (χ3v) is 2.97. The van der Waals surface area contributed by atoms with Crippen LogP contribution in [0.2, 0.25) is 5.02 Å². The minimum Gasteiger partial charge on any atom is -0.337 e. The molecule has 3 aromatic heterocycles. The van der Waals surface area contributed by atoms with E-state index in [1.807, 2.05) is 7.05 Å². The molecule has 0 amide bonds. The SMILES string of the molecule is Cn1cc(C(N)c2nc(-c3ccc(Cl)cn3)no2)cn1. The molecule has 0 aliphatic carbocycles. The van der Waals surface area contributed by atoms with E-state index >= 15 is 0 Å². The number of nitrogens with zero attached hydrogens (tertiary/aromatic N) is 5. The summed E-state index contributed by atoms with van der Waals surface area (Å²) in [6.45, 7) is 0. The molecule has 102 valence electrons. The van der Waals surface area contributed by atoms with Gasteiger partial charge in [0.1, 0.15) is 11.7 Å². The van der Waals surface area contributed by atoms with E-state index in [1.54, 1.807) is 29.2 Å². The van der Waals surface area contributed by atoms with Crippen molar-refractivity contribution in [1.82, 2.24) is 24.9 Å². The molecule has 0 aromatic carbocycles. The van der Waals surface area contributed by atoms with E-state index in [1.165, 1.54) is 6.20 Å². The van der Waals surface area contributed by atoms with E-state index in [2.05, 4.69) is 20.2 Å².